The summed E-state index contributed by atoms with van der Waals surface area (Å²) in [6.45, 7) is 0.730. The Labute approximate surface area is 155 Å². The molecule has 0 aliphatic carbocycles. The number of carbonyl (C=O) groups is 2. The number of nitrogens with zero attached hydrogens (tertiary/aromatic N) is 1. The molecule has 1 atom stereocenters. The van der Waals surface area contributed by atoms with Crippen LogP contribution in [0.25, 0.3) is 0 Å². The van der Waals surface area contributed by atoms with Gasteiger partial charge in [0.1, 0.15) is 5.76 Å². The molecule has 0 fully saturated rings. The summed E-state index contributed by atoms with van der Waals surface area (Å²) < 4.78 is 6.32. The van der Waals surface area contributed by atoms with Crippen molar-refractivity contribution in [2.24, 2.45) is 0 Å². The third-order valence-corrected chi connectivity index (χ3v) is 4.26. The van der Waals surface area contributed by atoms with Gasteiger partial charge in [-0.25, -0.2) is 0 Å². The Bertz CT molecular complexity index is 684. The number of amides is 2. The van der Waals surface area contributed by atoms with E-state index in [2.05, 4.69) is 26.6 Å². The molecule has 25 heavy (non-hydrogen) atoms. The second-order valence-corrected chi connectivity index (χ2v) is 6.73. The number of nitrogens with one attached hydrogen (secondary N) is 2. The minimum absolute atomic E-state index is 0.0312. The van der Waals surface area contributed by atoms with Gasteiger partial charge in [0.05, 0.1) is 12.3 Å². The molecule has 0 saturated heterocycles. The number of hydrogen-bond acceptors (Lipinski definition) is 4. The molecule has 0 aliphatic rings. The van der Waals surface area contributed by atoms with Crippen LogP contribution in [-0.4, -0.2) is 43.9 Å². The predicted octanol–water partition coefficient (Wildman–Crippen LogP) is 2.58. The third-order valence-electron chi connectivity index (χ3n) is 3.73. The van der Waals surface area contributed by atoms with E-state index < -0.39 is 0 Å². The number of rotatable bonds is 8. The summed E-state index contributed by atoms with van der Waals surface area (Å²) in [5.41, 5.74) is 0.564. The van der Waals surface area contributed by atoms with Gasteiger partial charge in [0.25, 0.3) is 5.91 Å². The Balaban J connectivity index is 1.73. The highest BCUT2D eigenvalue weighted by molar-refractivity contribution is 9.10. The van der Waals surface area contributed by atoms with Gasteiger partial charge in [-0.1, -0.05) is 15.9 Å². The van der Waals surface area contributed by atoms with Crippen molar-refractivity contribution in [3.05, 3.63) is 58.5 Å². The minimum Gasteiger partial charge on any atom is -0.468 e. The van der Waals surface area contributed by atoms with Gasteiger partial charge in [0.2, 0.25) is 5.91 Å². The molecule has 1 aromatic heterocycles. The van der Waals surface area contributed by atoms with Crippen LogP contribution in [0.2, 0.25) is 0 Å². The average Bonchev–Trinajstić information content (AvgIpc) is 3.09. The molecule has 0 saturated carbocycles. The Morgan fingerprint density at radius 3 is 2.48 bits per heavy atom. The topological polar surface area (TPSA) is 74.6 Å². The van der Waals surface area contributed by atoms with Crippen molar-refractivity contribution < 1.29 is 14.0 Å². The maximum absolute atomic E-state index is 12.0. The molecular weight excluding hydrogens is 386 g/mol. The molecule has 1 heterocycles. The smallest absolute Gasteiger partial charge is 0.251 e. The Kier molecular flexibility index (Phi) is 7.21. The van der Waals surface area contributed by atoms with Crippen molar-refractivity contribution >= 4 is 27.7 Å². The maximum atomic E-state index is 12.0. The summed E-state index contributed by atoms with van der Waals surface area (Å²) >= 11 is 3.32. The highest BCUT2D eigenvalue weighted by Crippen LogP contribution is 2.17. The molecule has 134 valence electrons. The molecule has 2 amide bonds. The number of benzene rings is 1. The van der Waals surface area contributed by atoms with Crippen molar-refractivity contribution in [3.8, 4) is 0 Å². The molecule has 2 aromatic rings. The first-order valence-electron chi connectivity index (χ1n) is 7.97. The van der Waals surface area contributed by atoms with E-state index in [-0.39, 0.29) is 30.8 Å². The average molecular weight is 408 g/mol. The first-order valence-corrected chi connectivity index (χ1v) is 8.77. The zero-order valence-corrected chi connectivity index (χ0v) is 15.9. The van der Waals surface area contributed by atoms with E-state index >= 15 is 0 Å². The highest BCUT2D eigenvalue weighted by Gasteiger charge is 2.17. The second kappa shape index (κ2) is 9.39. The highest BCUT2D eigenvalue weighted by atomic mass is 79.9. The molecular formula is C18H22BrN3O3. The van der Waals surface area contributed by atoms with E-state index in [9.17, 15) is 9.59 Å². The molecule has 0 bridgehead atoms. The Morgan fingerprint density at radius 2 is 1.88 bits per heavy atom. The number of likely N-dealkylation sites (N-methyl/N-ethyl adjacent to an activating group) is 1. The fourth-order valence-corrected chi connectivity index (χ4v) is 2.57. The zero-order valence-electron chi connectivity index (χ0n) is 14.3. The quantitative estimate of drug-likeness (QED) is 0.704. The monoisotopic (exact) mass is 407 g/mol. The summed E-state index contributed by atoms with van der Waals surface area (Å²) in [7, 11) is 3.86. The van der Waals surface area contributed by atoms with E-state index in [1.165, 1.54) is 0 Å². The first kappa shape index (κ1) is 19.2. The molecule has 0 unspecified atom stereocenters. The fourth-order valence-electron chi connectivity index (χ4n) is 2.31. The van der Waals surface area contributed by atoms with E-state index in [0.717, 1.165) is 10.2 Å². The number of carbonyl (C=O) groups excluding carboxylic acids is 2. The van der Waals surface area contributed by atoms with Crippen molar-refractivity contribution in [1.29, 1.82) is 0 Å². The molecule has 1 aromatic carbocycles. The van der Waals surface area contributed by atoms with Crippen LogP contribution in [0.3, 0.4) is 0 Å². The zero-order chi connectivity index (χ0) is 18.2. The van der Waals surface area contributed by atoms with E-state index in [1.807, 2.05) is 31.1 Å². The lowest BCUT2D eigenvalue weighted by Crippen LogP contribution is -2.36. The Morgan fingerprint density at radius 1 is 1.16 bits per heavy atom. The van der Waals surface area contributed by atoms with Crippen molar-refractivity contribution in [1.82, 2.24) is 15.5 Å². The van der Waals surface area contributed by atoms with Crippen LogP contribution in [0.15, 0.2) is 51.6 Å². The lowest BCUT2D eigenvalue weighted by Gasteiger charge is -2.22. The van der Waals surface area contributed by atoms with E-state index in [0.29, 0.717) is 12.1 Å². The van der Waals surface area contributed by atoms with Gasteiger partial charge in [0, 0.05) is 29.5 Å². The maximum Gasteiger partial charge on any atom is 0.251 e. The normalized spacial score (nSPS) is 12.0. The van der Waals surface area contributed by atoms with Crippen LogP contribution in [0.1, 0.15) is 28.6 Å². The predicted molar refractivity (Wildman–Crippen MR) is 99.2 cm³/mol. The SMILES string of the molecule is CN(C)[C@H](CNC(=O)CCNC(=O)c1ccc(Br)cc1)c1ccco1. The molecule has 2 N–H and O–H groups in total. The van der Waals surface area contributed by atoms with Gasteiger partial charge in [-0.15, -0.1) is 0 Å². The van der Waals surface area contributed by atoms with Gasteiger partial charge >= 0.3 is 0 Å². The second-order valence-electron chi connectivity index (χ2n) is 5.81. The molecule has 2 rings (SSSR count). The molecule has 7 heteroatoms. The largest absolute Gasteiger partial charge is 0.468 e. The summed E-state index contributed by atoms with van der Waals surface area (Å²) in [4.78, 5) is 25.9. The molecule has 0 aliphatic heterocycles. The van der Waals surface area contributed by atoms with E-state index in [1.54, 1.807) is 30.5 Å². The molecule has 6 nitrogen and oxygen atoms in total. The van der Waals surface area contributed by atoms with Gasteiger partial charge in [-0.3, -0.25) is 14.5 Å². The molecule has 0 radical (unpaired) electrons. The lowest BCUT2D eigenvalue weighted by molar-refractivity contribution is -0.121. The minimum atomic E-state index is -0.193. The lowest BCUT2D eigenvalue weighted by atomic mass is 10.2. The van der Waals surface area contributed by atoms with Gasteiger partial charge in [0.15, 0.2) is 0 Å². The molecule has 0 spiro atoms. The van der Waals surface area contributed by atoms with Crippen LogP contribution >= 0.6 is 15.9 Å². The van der Waals surface area contributed by atoms with Crippen LogP contribution < -0.4 is 10.6 Å². The van der Waals surface area contributed by atoms with Crippen LogP contribution in [0.4, 0.5) is 0 Å². The van der Waals surface area contributed by atoms with Crippen LogP contribution in [0.5, 0.6) is 0 Å². The Hall–Kier alpha value is -2.12. The first-order chi connectivity index (χ1) is 12.0. The van der Waals surface area contributed by atoms with Crippen molar-refractivity contribution in [3.63, 3.8) is 0 Å². The van der Waals surface area contributed by atoms with Crippen molar-refractivity contribution in [2.45, 2.75) is 12.5 Å². The number of furan rings is 1. The van der Waals surface area contributed by atoms with Gasteiger partial charge in [-0.2, -0.15) is 0 Å². The van der Waals surface area contributed by atoms with Crippen LogP contribution in [-0.2, 0) is 4.79 Å². The van der Waals surface area contributed by atoms with Gasteiger partial charge < -0.3 is 15.1 Å². The van der Waals surface area contributed by atoms with Crippen molar-refractivity contribution in [2.75, 3.05) is 27.2 Å². The number of halogens is 1. The standard InChI is InChI=1S/C18H22BrN3O3/c1-22(2)15(16-4-3-11-25-16)12-21-17(23)9-10-20-18(24)13-5-7-14(19)8-6-13/h3-8,11,15H,9-10,12H2,1-2H3,(H,20,24)(H,21,23)/t15-/m1/s1. The van der Waals surface area contributed by atoms with E-state index in [4.69, 9.17) is 4.42 Å². The summed E-state index contributed by atoms with van der Waals surface area (Å²) in [5, 5.41) is 5.62. The van der Waals surface area contributed by atoms with Gasteiger partial charge in [-0.05, 0) is 50.5 Å². The van der Waals surface area contributed by atoms with Crippen LogP contribution in [0, 0.1) is 0 Å². The fraction of sp³-hybridized carbons (Fsp3) is 0.333. The summed E-state index contributed by atoms with van der Waals surface area (Å²) in [6.07, 6.45) is 1.84. The number of hydrogen-bond donors (Lipinski definition) is 2. The third kappa shape index (κ3) is 6.03. The summed E-state index contributed by atoms with van der Waals surface area (Å²) in [5.74, 6) is 0.491. The summed E-state index contributed by atoms with van der Waals surface area (Å²) in [6, 6.07) is 10.7.